The van der Waals surface area contributed by atoms with E-state index in [1.165, 1.54) is 30.5 Å². The molecule has 34 heavy (non-hydrogen) atoms. The average molecular weight is 475 g/mol. The van der Waals surface area contributed by atoms with Crippen molar-refractivity contribution in [1.29, 1.82) is 0 Å². The van der Waals surface area contributed by atoms with E-state index in [0.717, 1.165) is 18.5 Å². The zero-order valence-electron chi connectivity index (χ0n) is 17.1. The van der Waals surface area contributed by atoms with Crippen LogP contribution in [0.25, 0.3) is 16.5 Å². The van der Waals surface area contributed by atoms with Crippen LogP contribution in [0.15, 0.2) is 53.7 Å². The SMILES string of the molecule is O=C(Nc1cnc2c(c1)C(F)(F)CC2)c1cnn(-c2cccc3c(=O)[nH]ccc23)c1C(F)(F)F. The van der Waals surface area contributed by atoms with Gasteiger partial charge in [0.25, 0.3) is 17.4 Å². The van der Waals surface area contributed by atoms with Gasteiger partial charge < -0.3 is 10.3 Å². The predicted octanol–water partition coefficient (Wildman–Crippen LogP) is 4.42. The van der Waals surface area contributed by atoms with E-state index in [1.807, 2.05) is 0 Å². The molecule has 0 spiro atoms. The van der Waals surface area contributed by atoms with Gasteiger partial charge in [-0.15, -0.1) is 0 Å². The topological polar surface area (TPSA) is 92.7 Å². The Balaban J connectivity index is 1.58. The molecule has 1 aliphatic carbocycles. The minimum Gasteiger partial charge on any atom is -0.329 e. The molecule has 12 heteroatoms. The first-order chi connectivity index (χ1) is 16.1. The molecule has 1 aromatic carbocycles. The third-order valence-corrected chi connectivity index (χ3v) is 5.60. The van der Waals surface area contributed by atoms with Crippen molar-refractivity contribution in [2.24, 2.45) is 0 Å². The molecule has 1 aliphatic rings. The normalized spacial score (nSPS) is 14.9. The van der Waals surface area contributed by atoms with Crippen molar-refractivity contribution in [1.82, 2.24) is 19.7 Å². The number of fused-ring (bicyclic) bond motifs is 2. The standard InChI is InChI=1S/C22H14F5N5O2/c23-21(24)6-4-16-15(21)8-11(9-29-16)31-20(34)14-10-30-32(18(14)22(25,26)27)17-3-1-2-13-12(17)5-7-28-19(13)33/h1-3,5,7-10H,4,6H2,(H,28,33)(H,31,34). The fraction of sp³-hybridized carbons (Fsp3) is 0.182. The minimum atomic E-state index is -5.00. The lowest BCUT2D eigenvalue weighted by Crippen LogP contribution is -2.21. The molecule has 0 aliphatic heterocycles. The number of alkyl halides is 5. The highest BCUT2D eigenvalue weighted by Gasteiger charge is 2.42. The Hall–Kier alpha value is -4.09. The highest BCUT2D eigenvalue weighted by Crippen LogP contribution is 2.41. The molecule has 2 N–H and O–H groups in total. The number of amides is 1. The zero-order valence-corrected chi connectivity index (χ0v) is 17.1. The van der Waals surface area contributed by atoms with Crippen LogP contribution in [0.4, 0.5) is 27.6 Å². The van der Waals surface area contributed by atoms with Crippen LogP contribution in [0.5, 0.6) is 0 Å². The summed E-state index contributed by atoms with van der Waals surface area (Å²) < 4.78 is 70.7. The van der Waals surface area contributed by atoms with Crippen molar-refractivity contribution in [2.45, 2.75) is 24.9 Å². The molecule has 7 nitrogen and oxygen atoms in total. The van der Waals surface area contributed by atoms with Gasteiger partial charge in [-0.3, -0.25) is 14.6 Å². The summed E-state index contributed by atoms with van der Waals surface area (Å²) in [6, 6.07) is 6.60. The molecule has 174 valence electrons. The molecule has 3 heterocycles. The van der Waals surface area contributed by atoms with Crippen LogP contribution in [-0.4, -0.2) is 25.7 Å². The van der Waals surface area contributed by atoms with E-state index in [0.29, 0.717) is 4.68 Å². The number of hydrogen-bond donors (Lipinski definition) is 2. The number of carbonyl (C=O) groups is 1. The lowest BCUT2D eigenvalue weighted by atomic mass is 10.1. The maximum absolute atomic E-state index is 14.1. The van der Waals surface area contributed by atoms with Crippen molar-refractivity contribution >= 4 is 22.4 Å². The van der Waals surface area contributed by atoms with Gasteiger partial charge in [0.2, 0.25) is 0 Å². The Morgan fingerprint density at radius 2 is 1.94 bits per heavy atom. The van der Waals surface area contributed by atoms with Gasteiger partial charge >= 0.3 is 6.18 Å². The molecule has 0 bridgehead atoms. The zero-order chi connectivity index (χ0) is 24.3. The average Bonchev–Trinajstić information content (AvgIpc) is 3.35. The van der Waals surface area contributed by atoms with Crippen LogP contribution in [0.2, 0.25) is 0 Å². The number of nitrogens with zero attached hydrogens (tertiary/aromatic N) is 3. The third-order valence-electron chi connectivity index (χ3n) is 5.60. The molecule has 1 amide bonds. The first kappa shape index (κ1) is 21.7. The predicted molar refractivity (Wildman–Crippen MR) is 111 cm³/mol. The van der Waals surface area contributed by atoms with Gasteiger partial charge in [-0.25, -0.2) is 13.5 Å². The number of halogens is 5. The Kier molecular flexibility index (Phi) is 4.78. The monoisotopic (exact) mass is 475 g/mol. The Morgan fingerprint density at radius 3 is 2.71 bits per heavy atom. The number of nitrogens with one attached hydrogen (secondary N) is 2. The molecule has 5 rings (SSSR count). The minimum absolute atomic E-state index is 0.0613. The van der Waals surface area contributed by atoms with Crippen LogP contribution < -0.4 is 10.9 Å². The smallest absolute Gasteiger partial charge is 0.329 e. The maximum Gasteiger partial charge on any atom is 0.434 e. The van der Waals surface area contributed by atoms with Crippen molar-refractivity contribution in [3.8, 4) is 5.69 Å². The van der Waals surface area contributed by atoms with Crippen LogP contribution in [0, 0.1) is 0 Å². The van der Waals surface area contributed by atoms with Crippen LogP contribution in [-0.2, 0) is 18.5 Å². The highest BCUT2D eigenvalue weighted by atomic mass is 19.4. The number of hydrogen-bond acceptors (Lipinski definition) is 4. The molecule has 0 saturated carbocycles. The number of benzene rings is 1. The Bertz CT molecular complexity index is 1510. The summed E-state index contributed by atoms with van der Waals surface area (Å²) >= 11 is 0. The van der Waals surface area contributed by atoms with Gasteiger partial charge in [-0.1, -0.05) is 6.07 Å². The van der Waals surface area contributed by atoms with Crippen molar-refractivity contribution in [3.63, 3.8) is 0 Å². The molecule has 0 saturated heterocycles. The van der Waals surface area contributed by atoms with E-state index >= 15 is 0 Å². The van der Waals surface area contributed by atoms with Gasteiger partial charge in [-0.2, -0.15) is 18.3 Å². The summed E-state index contributed by atoms with van der Waals surface area (Å²) in [4.78, 5) is 31.2. The lowest BCUT2D eigenvalue weighted by molar-refractivity contribution is -0.143. The molecule has 0 radical (unpaired) electrons. The van der Waals surface area contributed by atoms with Gasteiger partial charge in [0.1, 0.15) is 0 Å². The molecule has 4 aromatic rings. The van der Waals surface area contributed by atoms with Crippen molar-refractivity contribution in [2.75, 3.05) is 5.32 Å². The number of aryl methyl sites for hydroxylation is 1. The summed E-state index contributed by atoms with van der Waals surface area (Å²) in [6.45, 7) is 0. The number of carbonyl (C=O) groups excluding carboxylic acids is 1. The molecule has 0 atom stereocenters. The third kappa shape index (κ3) is 3.51. The second-order valence-corrected chi connectivity index (χ2v) is 7.74. The van der Waals surface area contributed by atoms with E-state index in [9.17, 15) is 31.5 Å². The fourth-order valence-electron chi connectivity index (χ4n) is 4.05. The number of aromatic nitrogens is 4. The van der Waals surface area contributed by atoms with Crippen LogP contribution >= 0.6 is 0 Å². The van der Waals surface area contributed by atoms with Crippen LogP contribution in [0.1, 0.15) is 33.7 Å². The number of aromatic amines is 1. The first-order valence-electron chi connectivity index (χ1n) is 10.0. The summed E-state index contributed by atoms with van der Waals surface area (Å²) in [6.07, 6.45) is -2.22. The van der Waals surface area contributed by atoms with Gasteiger partial charge in [-0.05, 0) is 30.7 Å². The lowest BCUT2D eigenvalue weighted by Gasteiger charge is -2.15. The summed E-state index contributed by atoms with van der Waals surface area (Å²) in [7, 11) is 0. The largest absolute Gasteiger partial charge is 0.434 e. The number of pyridine rings is 2. The van der Waals surface area contributed by atoms with Crippen molar-refractivity contribution in [3.05, 3.63) is 81.8 Å². The summed E-state index contributed by atoms with van der Waals surface area (Å²) in [5.41, 5.74) is -3.11. The molecule has 0 fully saturated rings. The molecular formula is C22H14F5N5O2. The molecule has 3 aromatic heterocycles. The second-order valence-electron chi connectivity index (χ2n) is 7.74. The quantitative estimate of drug-likeness (QED) is 0.429. The summed E-state index contributed by atoms with van der Waals surface area (Å²) in [5, 5.41) is 6.30. The van der Waals surface area contributed by atoms with E-state index in [1.54, 1.807) is 0 Å². The highest BCUT2D eigenvalue weighted by molar-refractivity contribution is 6.05. The summed E-state index contributed by atoms with van der Waals surface area (Å²) in [5.74, 6) is -4.32. The maximum atomic E-state index is 14.1. The van der Waals surface area contributed by atoms with E-state index in [-0.39, 0.29) is 39.8 Å². The fourth-order valence-corrected chi connectivity index (χ4v) is 4.05. The first-order valence-corrected chi connectivity index (χ1v) is 10.0. The van der Waals surface area contributed by atoms with E-state index in [4.69, 9.17) is 0 Å². The Labute approximate surface area is 187 Å². The second kappa shape index (κ2) is 7.47. The van der Waals surface area contributed by atoms with E-state index in [2.05, 4.69) is 20.4 Å². The van der Waals surface area contributed by atoms with Gasteiger partial charge in [0, 0.05) is 34.6 Å². The number of rotatable bonds is 3. The number of H-pyrrole nitrogens is 1. The molecular weight excluding hydrogens is 461 g/mol. The van der Waals surface area contributed by atoms with Crippen LogP contribution in [0.3, 0.4) is 0 Å². The molecule has 0 unspecified atom stereocenters. The number of anilines is 1. The van der Waals surface area contributed by atoms with Gasteiger partial charge in [0.15, 0.2) is 5.69 Å². The van der Waals surface area contributed by atoms with E-state index < -0.39 is 41.2 Å². The van der Waals surface area contributed by atoms with Gasteiger partial charge in [0.05, 0.1) is 29.3 Å². The van der Waals surface area contributed by atoms with Crippen molar-refractivity contribution < 1.29 is 26.7 Å². The Morgan fingerprint density at radius 1 is 1.15 bits per heavy atom.